The largest absolute Gasteiger partial charge is 0.438 e. The molecule has 2 heterocycles. The van der Waals surface area contributed by atoms with Gasteiger partial charge in [0, 0.05) is 12.3 Å². The van der Waals surface area contributed by atoms with Crippen LogP contribution in [0.5, 0.6) is 0 Å². The summed E-state index contributed by atoms with van der Waals surface area (Å²) in [5.74, 6) is -3.11. The van der Waals surface area contributed by atoms with Crippen molar-refractivity contribution in [2.75, 3.05) is 12.8 Å². The Hall–Kier alpha value is -2.78. The van der Waals surface area contributed by atoms with Crippen LogP contribution in [-0.2, 0) is 34.3 Å². The van der Waals surface area contributed by atoms with E-state index >= 15 is 0 Å². The van der Waals surface area contributed by atoms with Gasteiger partial charge < -0.3 is 20.6 Å². The summed E-state index contributed by atoms with van der Waals surface area (Å²) in [6.45, 7) is 0.958. The van der Waals surface area contributed by atoms with Gasteiger partial charge in [0.25, 0.3) is 11.8 Å². The molecule has 1 fully saturated rings. The van der Waals surface area contributed by atoms with Gasteiger partial charge in [-0.05, 0) is 0 Å². The molecule has 4 N–H and O–H groups in total. The fourth-order valence-electron chi connectivity index (χ4n) is 2.00. The van der Waals surface area contributed by atoms with Crippen LogP contribution in [0.4, 0.5) is 5.13 Å². The highest BCUT2D eigenvalue weighted by Crippen LogP contribution is 2.25. The van der Waals surface area contributed by atoms with Gasteiger partial charge in [-0.1, -0.05) is 5.16 Å². The Bertz CT molecular complexity index is 879. The van der Waals surface area contributed by atoms with Gasteiger partial charge in [-0.3, -0.25) is 18.9 Å². The second-order valence-electron chi connectivity index (χ2n) is 4.76. The average Bonchev–Trinajstić information content (AvgIpc) is 2.94. The molecule has 0 saturated carbocycles. The Morgan fingerprint density at radius 2 is 2.15 bits per heavy atom. The van der Waals surface area contributed by atoms with Crippen molar-refractivity contribution in [3.8, 4) is 0 Å². The molecule has 0 radical (unpaired) electrons. The highest BCUT2D eigenvalue weighted by molar-refractivity contribution is 7.84. The third-order valence-electron chi connectivity index (χ3n) is 2.98. The van der Waals surface area contributed by atoms with Crippen molar-refractivity contribution in [1.82, 2.24) is 14.6 Å². The summed E-state index contributed by atoms with van der Waals surface area (Å²) in [5, 5.41) is 7.19. The molecule has 0 aromatic carbocycles. The van der Waals surface area contributed by atoms with E-state index in [2.05, 4.69) is 25.0 Å². The van der Waals surface area contributed by atoms with Crippen LogP contribution in [0, 0.1) is 0 Å². The predicted molar refractivity (Wildman–Crippen MR) is 86.0 cm³/mol. The molecule has 2 amide bonds. The summed E-state index contributed by atoms with van der Waals surface area (Å²) in [6.07, 6.45) is -1.75. The molecule has 13 nitrogen and oxygen atoms in total. The zero-order chi connectivity index (χ0) is 19.6. The van der Waals surface area contributed by atoms with Crippen LogP contribution in [-0.4, -0.2) is 65.1 Å². The summed E-state index contributed by atoms with van der Waals surface area (Å²) in [4.78, 5) is 43.8. The smallest absolute Gasteiger partial charge is 0.365 e. The Kier molecular flexibility index (Phi) is 5.43. The maximum atomic E-state index is 12.4. The number of amides is 2. The Labute approximate surface area is 150 Å². The molecule has 1 aromatic rings. The molecule has 0 unspecified atom stereocenters. The van der Waals surface area contributed by atoms with Gasteiger partial charge >= 0.3 is 16.3 Å². The second-order valence-corrected chi connectivity index (χ2v) is 6.94. The van der Waals surface area contributed by atoms with Crippen LogP contribution in [0.1, 0.15) is 12.6 Å². The van der Waals surface area contributed by atoms with Crippen LogP contribution >= 0.6 is 11.3 Å². The summed E-state index contributed by atoms with van der Waals surface area (Å²) >= 11 is 1.02. The number of rotatable bonds is 6. The Morgan fingerprint density at radius 3 is 2.62 bits per heavy atom. The molecule has 0 aliphatic carbocycles. The maximum absolute atomic E-state index is 12.4. The number of nitrogen functional groups attached to an aromatic ring is 1. The first-order valence-electron chi connectivity index (χ1n) is 6.67. The third kappa shape index (κ3) is 3.89. The van der Waals surface area contributed by atoms with E-state index in [4.69, 9.17) is 10.3 Å². The van der Waals surface area contributed by atoms with Crippen molar-refractivity contribution >= 4 is 50.3 Å². The number of nitrogens with one attached hydrogen (secondary N) is 1. The highest BCUT2D eigenvalue weighted by Gasteiger charge is 2.56. The van der Waals surface area contributed by atoms with Crippen molar-refractivity contribution in [2.45, 2.75) is 19.2 Å². The first-order valence-corrected chi connectivity index (χ1v) is 8.95. The van der Waals surface area contributed by atoms with Crippen molar-refractivity contribution in [3.05, 3.63) is 11.1 Å². The van der Waals surface area contributed by atoms with Crippen LogP contribution in [0.15, 0.2) is 10.5 Å². The number of oxime groups is 1. The predicted octanol–water partition coefficient (Wildman–Crippen LogP) is -1.91. The van der Waals surface area contributed by atoms with E-state index in [1.165, 1.54) is 12.5 Å². The number of esters is 1. The number of carbonyl (C=O) groups is 3. The van der Waals surface area contributed by atoms with Crippen LogP contribution < -0.4 is 11.1 Å². The van der Waals surface area contributed by atoms with E-state index in [0.29, 0.717) is 0 Å². The fourth-order valence-corrected chi connectivity index (χ4v) is 3.32. The van der Waals surface area contributed by atoms with Crippen molar-refractivity contribution < 1.29 is 36.9 Å². The summed E-state index contributed by atoms with van der Waals surface area (Å²) in [6, 6.07) is -1.56. The minimum absolute atomic E-state index is 0.0503. The number of anilines is 1. The van der Waals surface area contributed by atoms with Crippen molar-refractivity contribution in [2.24, 2.45) is 5.16 Å². The number of ether oxygens (including phenoxy) is 1. The van der Waals surface area contributed by atoms with Gasteiger partial charge in [0.2, 0.25) is 6.23 Å². The molecule has 1 aliphatic rings. The molecule has 1 aromatic heterocycles. The number of hydrogen-bond donors (Lipinski definition) is 3. The minimum atomic E-state index is -4.98. The molecule has 0 bridgehead atoms. The van der Waals surface area contributed by atoms with Crippen LogP contribution in [0.2, 0.25) is 0 Å². The molecule has 1 saturated heterocycles. The summed E-state index contributed by atoms with van der Waals surface area (Å²) in [7, 11) is -3.82. The molecular formula is C11H13N5O8S2. The van der Waals surface area contributed by atoms with E-state index in [1.807, 2.05) is 0 Å². The normalized spacial score (nSPS) is 20.3. The molecule has 2 rings (SSSR count). The first-order chi connectivity index (χ1) is 12.1. The number of thiazole rings is 1. The summed E-state index contributed by atoms with van der Waals surface area (Å²) in [5.41, 5.74) is 5.19. The molecule has 2 atom stereocenters. The maximum Gasteiger partial charge on any atom is 0.365 e. The lowest BCUT2D eigenvalue weighted by Crippen LogP contribution is -2.73. The monoisotopic (exact) mass is 407 g/mol. The lowest BCUT2D eigenvalue weighted by atomic mass is 10.1. The van der Waals surface area contributed by atoms with Crippen molar-refractivity contribution in [1.29, 1.82) is 0 Å². The van der Waals surface area contributed by atoms with Gasteiger partial charge in [-0.15, -0.1) is 11.3 Å². The van der Waals surface area contributed by atoms with Crippen LogP contribution in [0.25, 0.3) is 0 Å². The minimum Gasteiger partial charge on any atom is -0.438 e. The Balaban J connectivity index is 2.24. The number of carbonyl (C=O) groups excluding carboxylic acids is 3. The third-order valence-corrected chi connectivity index (χ3v) is 4.54. The van der Waals surface area contributed by atoms with E-state index in [0.717, 1.165) is 18.3 Å². The van der Waals surface area contributed by atoms with Gasteiger partial charge in [-0.2, -0.15) is 12.7 Å². The van der Waals surface area contributed by atoms with Gasteiger partial charge in [-0.25, -0.2) is 4.98 Å². The number of aromatic nitrogens is 1. The van der Waals surface area contributed by atoms with Gasteiger partial charge in [0.15, 0.2) is 16.9 Å². The molecule has 26 heavy (non-hydrogen) atoms. The average molecular weight is 407 g/mol. The molecule has 1 aliphatic heterocycles. The molecule has 15 heteroatoms. The van der Waals surface area contributed by atoms with E-state index < -0.39 is 40.4 Å². The zero-order valence-corrected chi connectivity index (χ0v) is 14.9. The molecule has 0 spiro atoms. The highest BCUT2D eigenvalue weighted by atomic mass is 32.2. The van der Waals surface area contributed by atoms with Gasteiger partial charge in [0.05, 0.1) is 0 Å². The SMILES string of the molecule is CON=C(C(=O)N[C@H]1C(=O)N(S(=O)(=O)O)[C@@H]1OC(C)=O)c1csc(N)n1. The fraction of sp³-hybridized carbons (Fsp3) is 0.364. The zero-order valence-electron chi connectivity index (χ0n) is 13.3. The second kappa shape index (κ2) is 7.22. The molecule has 142 valence electrons. The quantitative estimate of drug-likeness (QED) is 0.158. The first kappa shape index (κ1) is 19.5. The number of nitrogens with zero attached hydrogens (tertiary/aromatic N) is 3. The standard InChI is InChI=1S/C11H13N5O8S2/c1-4(17)24-10-7(9(19)16(10)26(20,21)22)14-8(18)6(15-23-2)5-3-25-11(12)13-5/h3,7,10H,1-2H3,(H2,12,13)(H,14,18)(H,20,21,22)/t7-,10+/m0/s1. The number of hydrogen-bond acceptors (Lipinski definition) is 11. The molecular weight excluding hydrogens is 394 g/mol. The van der Waals surface area contributed by atoms with Crippen LogP contribution in [0.3, 0.4) is 0 Å². The van der Waals surface area contributed by atoms with E-state index in [-0.39, 0.29) is 20.8 Å². The van der Waals surface area contributed by atoms with E-state index in [9.17, 15) is 22.8 Å². The number of nitrogens with two attached hydrogens (primary N) is 1. The lowest BCUT2D eigenvalue weighted by Gasteiger charge is -2.42. The van der Waals surface area contributed by atoms with Crippen molar-refractivity contribution in [3.63, 3.8) is 0 Å². The van der Waals surface area contributed by atoms with E-state index in [1.54, 1.807) is 0 Å². The Morgan fingerprint density at radius 1 is 1.50 bits per heavy atom. The summed E-state index contributed by atoms with van der Waals surface area (Å²) < 4.78 is 36.0. The topological polar surface area (TPSA) is 191 Å². The lowest BCUT2D eigenvalue weighted by molar-refractivity contribution is -0.178. The van der Waals surface area contributed by atoms with Gasteiger partial charge in [0.1, 0.15) is 12.8 Å². The number of β-lactam (4-membered cyclic amide) rings is 1.